The van der Waals surface area contributed by atoms with Crippen LogP contribution in [0.2, 0.25) is 0 Å². The fourth-order valence-electron chi connectivity index (χ4n) is 4.09. The highest BCUT2D eigenvalue weighted by molar-refractivity contribution is 5.81. The van der Waals surface area contributed by atoms with Gasteiger partial charge in [-0.3, -0.25) is 9.59 Å². The van der Waals surface area contributed by atoms with Gasteiger partial charge in [0, 0.05) is 44.6 Å². The van der Waals surface area contributed by atoms with Crippen LogP contribution in [-0.2, 0) is 9.59 Å². The van der Waals surface area contributed by atoms with Gasteiger partial charge in [0.15, 0.2) is 0 Å². The number of hydrogen-bond donors (Lipinski definition) is 0. The lowest BCUT2D eigenvalue weighted by Crippen LogP contribution is -2.52. The van der Waals surface area contributed by atoms with Crippen molar-refractivity contribution in [1.82, 2.24) is 14.7 Å². The average molecular weight is 357 g/mol. The number of benzene rings is 1. The van der Waals surface area contributed by atoms with Crippen molar-refractivity contribution in [2.24, 2.45) is 11.8 Å². The lowest BCUT2D eigenvalue weighted by atomic mass is 9.92. The molecule has 2 saturated heterocycles. The van der Waals surface area contributed by atoms with Crippen molar-refractivity contribution < 1.29 is 9.59 Å². The molecule has 142 valence electrons. The summed E-state index contributed by atoms with van der Waals surface area (Å²) in [5.41, 5.74) is 1.21. The molecule has 0 spiro atoms. The minimum Gasteiger partial charge on any atom is -0.342 e. The van der Waals surface area contributed by atoms with Crippen LogP contribution in [0.15, 0.2) is 30.3 Å². The topological polar surface area (TPSA) is 43.9 Å². The van der Waals surface area contributed by atoms with Gasteiger partial charge in [0.2, 0.25) is 11.8 Å². The predicted molar refractivity (Wildman–Crippen MR) is 103 cm³/mol. The zero-order valence-corrected chi connectivity index (χ0v) is 16.2. The number of carbonyl (C=O) groups is 2. The second-order valence-corrected chi connectivity index (χ2v) is 7.97. The highest BCUT2D eigenvalue weighted by Gasteiger charge is 2.36. The summed E-state index contributed by atoms with van der Waals surface area (Å²) in [6, 6.07) is 10.5. The van der Waals surface area contributed by atoms with Crippen LogP contribution in [0.5, 0.6) is 0 Å². The van der Waals surface area contributed by atoms with Gasteiger partial charge in [-0.15, -0.1) is 0 Å². The van der Waals surface area contributed by atoms with E-state index < -0.39 is 0 Å². The molecule has 5 nitrogen and oxygen atoms in total. The van der Waals surface area contributed by atoms with Crippen LogP contribution < -0.4 is 0 Å². The third kappa shape index (κ3) is 4.09. The Labute approximate surface area is 156 Å². The summed E-state index contributed by atoms with van der Waals surface area (Å²) in [5, 5.41) is 0. The molecule has 2 fully saturated rings. The molecule has 5 heteroatoms. The Morgan fingerprint density at radius 1 is 1.00 bits per heavy atom. The molecular weight excluding hydrogens is 326 g/mol. The predicted octanol–water partition coefficient (Wildman–Crippen LogP) is 2.40. The SMILES string of the molecule is CC(C)C(=O)N1CCC(C(=O)N2CCN(C)CC2c2ccccc2)CC1. The first kappa shape index (κ1) is 18.9. The van der Waals surface area contributed by atoms with Crippen molar-refractivity contribution in [2.75, 3.05) is 39.8 Å². The summed E-state index contributed by atoms with van der Waals surface area (Å²) < 4.78 is 0. The monoisotopic (exact) mass is 357 g/mol. The number of hydrogen-bond acceptors (Lipinski definition) is 3. The van der Waals surface area contributed by atoms with Crippen LogP contribution in [0.25, 0.3) is 0 Å². The van der Waals surface area contributed by atoms with Crippen molar-refractivity contribution in [3.8, 4) is 0 Å². The average Bonchev–Trinajstić information content (AvgIpc) is 2.67. The second kappa shape index (κ2) is 8.21. The number of likely N-dealkylation sites (N-methyl/N-ethyl adjacent to an activating group) is 1. The number of rotatable bonds is 3. The highest BCUT2D eigenvalue weighted by atomic mass is 16.2. The van der Waals surface area contributed by atoms with Gasteiger partial charge in [-0.25, -0.2) is 0 Å². The summed E-state index contributed by atoms with van der Waals surface area (Å²) in [6.07, 6.45) is 1.57. The summed E-state index contributed by atoms with van der Waals surface area (Å²) in [5.74, 6) is 0.546. The maximum absolute atomic E-state index is 13.3. The molecule has 1 atom stereocenters. The molecule has 2 amide bonds. The maximum atomic E-state index is 13.3. The fourth-order valence-corrected chi connectivity index (χ4v) is 4.09. The Kier molecular flexibility index (Phi) is 5.97. The number of carbonyl (C=O) groups excluding carboxylic acids is 2. The summed E-state index contributed by atoms with van der Waals surface area (Å²) in [4.78, 5) is 31.7. The molecule has 1 unspecified atom stereocenters. The summed E-state index contributed by atoms with van der Waals surface area (Å²) in [7, 11) is 2.12. The zero-order valence-electron chi connectivity index (χ0n) is 16.2. The highest BCUT2D eigenvalue weighted by Crippen LogP contribution is 2.29. The minimum absolute atomic E-state index is 0.0299. The van der Waals surface area contributed by atoms with E-state index in [9.17, 15) is 9.59 Å². The Morgan fingerprint density at radius 2 is 1.65 bits per heavy atom. The van der Waals surface area contributed by atoms with E-state index in [4.69, 9.17) is 0 Å². The molecular formula is C21H31N3O2. The number of amides is 2. The van der Waals surface area contributed by atoms with Crippen molar-refractivity contribution in [1.29, 1.82) is 0 Å². The zero-order chi connectivity index (χ0) is 18.7. The molecule has 0 N–H and O–H groups in total. The van der Waals surface area contributed by atoms with Crippen molar-refractivity contribution in [3.05, 3.63) is 35.9 Å². The molecule has 0 saturated carbocycles. The molecule has 1 aromatic carbocycles. The molecule has 0 aromatic heterocycles. The second-order valence-electron chi connectivity index (χ2n) is 7.97. The van der Waals surface area contributed by atoms with Crippen molar-refractivity contribution in [3.63, 3.8) is 0 Å². The molecule has 3 rings (SSSR count). The van der Waals surface area contributed by atoms with Crippen LogP contribution in [0.1, 0.15) is 38.3 Å². The maximum Gasteiger partial charge on any atom is 0.226 e. The van der Waals surface area contributed by atoms with Crippen LogP contribution in [0.3, 0.4) is 0 Å². The number of nitrogens with zero attached hydrogens (tertiary/aromatic N) is 3. The Bertz CT molecular complexity index is 623. The van der Waals surface area contributed by atoms with Gasteiger partial charge in [-0.05, 0) is 25.5 Å². The van der Waals surface area contributed by atoms with E-state index in [0.29, 0.717) is 13.1 Å². The molecule has 0 radical (unpaired) electrons. The molecule has 26 heavy (non-hydrogen) atoms. The largest absolute Gasteiger partial charge is 0.342 e. The van der Waals surface area contributed by atoms with Gasteiger partial charge in [-0.1, -0.05) is 44.2 Å². The minimum atomic E-state index is 0.0299. The number of piperazine rings is 1. The Morgan fingerprint density at radius 3 is 2.27 bits per heavy atom. The standard InChI is InChI=1S/C21H31N3O2/c1-16(2)20(25)23-11-9-18(10-12-23)21(26)24-14-13-22(3)15-19(24)17-7-5-4-6-8-17/h4-8,16,18-19H,9-15H2,1-3H3. The van der Waals surface area contributed by atoms with E-state index in [1.54, 1.807) is 0 Å². The number of likely N-dealkylation sites (tertiary alicyclic amines) is 1. The van der Waals surface area contributed by atoms with E-state index in [2.05, 4.69) is 29.0 Å². The van der Waals surface area contributed by atoms with E-state index in [0.717, 1.165) is 32.5 Å². The van der Waals surface area contributed by atoms with E-state index >= 15 is 0 Å². The van der Waals surface area contributed by atoms with Gasteiger partial charge < -0.3 is 14.7 Å². The Balaban J connectivity index is 1.67. The van der Waals surface area contributed by atoms with E-state index in [-0.39, 0.29) is 29.7 Å². The normalized spacial score (nSPS) is 22.7. The van der Waals surface area contributed by atoms with Crippen LogP contribution in [-0.4, -0.2) is 66.3 Å². The van der Waals surface area contributed by atoms with Crippen LogP contribution >= 0.6 is 0 Å². The Hall–Kier alpha value is -1.88. The van der Waals surface area contributed by atoms with Gasteiger partial charge in [0.05, 0.1) is 6.04 Å². The molecule has 2 heterocycles. The van der Waals surface area contributed by atoms with E-state index in [1.165, 1.54) is 5.56 Å². The quantitative estimate of drug-likeness (QED) is 0.834. The number of piperidine rings is 1. The van der Waals surface area contributed by atoms with Gasteiger partial charge in [0.1, 0.15) is 0 Å². The molecule has 0 aliphatic carbocycles. The molecule has 1 aromatic rings. The molecule has 0 bridgehead atoms. The van der Waals surface area contributed by atoms with Crippen LogP contribution in [0, 0.1) is 11.8 Å². The smallest absolute Gasteiger partial charge is 0.226 e. The van der Waals surface area contributed by atoms with Gasteiger partial charge in [0.25, 0.3) is 0 Å². The first-order valence-corrected chi connectivity index (χ1v) is 9.80. The van der Waals surface area contributed by atoms with Gasteiger partial charge in [-0.2, -0.15) is 0 Å². The summed E-state index contributed by atoms with van der Waals surface area (Å²) >= 11 is 0. The lowest BCUT2D eigenvalue weighted by molar-refractivity contribution is -0.145. The first-order valence-electron chi connectivity index (χ1n) is 9.80. The lowest BCUT2D eigenvalue weighted by Gasteiger charge is -2.43. The van der Waals surface area contributed by atoms with E-state index in [1.807, 2.05) is 36.9 Å². The fraction of sp³-hybridized carbons (Fsp3) is 0.619. The van der Waals surface area contributed by atoms with Crippen molar-refractivity contribution in [2.45, 2.75) is 32.7 Å². The molecule has 2 aliphatic heterocycles. The molecule has 2 aliphatic rings. The first-order chi connectivity index (χ1) is 12.5. The van der Waals surface area contributed by atoms with Crippen molar-refractivity contribution >= 4 is 11.8 Å². The van der Waals surface area contributed by atoms with Gasteiger partial charge >= 0.3 is 0 Å². The third-order valence-corrected chi connectivity index (χ3v) is 5.70. The van der Waals surface area contributed by atoms with Crippen LogP contribution in [0.4, 0.5) is 0 Å². The summed E-state index contributed by atoms with van der Waals surface area (Å²) in [6.45, 7) is 7.86. The third-order valence-electron chi connectivity index (χ3n) is 5.70.